The fourth-order valence-corrected chi connectivity index (χ4v) is 2.86. The van der Waals surface area contributed by atoms with Gasteiger partial charge in [0.15, 0.2) is 11.5 Å². The van der Waals surface area contributed by atoms with Crippen LogP contribution in [0.4, 0.5) is 0 Å². The molecule has 0 aromatic heterocycles. The highest BCUT2D eigenvalue weighted by atomic mass is 16.6. The number of carbonyl (C=O) groups excluding carboxylic acids is 1. The van der Waals surface area contributed by atoms with Crippen molar-refractivity contribution in [3.05, 3.63) is 23.8 Å². The van der Waals surface area contributed by atoms with Gasteiger partial charge in [-0.1, -0.05) is 6.07 Å². The lowest BCUT2D eigenvalue weighted by Crippen LogP contribution is -2.46. The smallest absolute Gasteiger partial charge is 0.325 e. The van der Waals surface area contributed by atoms with Crippen molar-refractivity contribution in [2.45, 2.75) is 12.3 Å². The molecule has 20 heavy (non-hydrogen) atoms. The first-order valence-electron chi connectivity index (χ1n) is 6.76. The number of nitrogens with zero attached hydrogens (tertiary/aromatic N) is 1. The summed E-state index contributed by atoms with van der Waals surface area (Å²) in [6.07, 6.45) is -0.219. The maximum atomic E-state index is 11.7. The summed E-state index contributed by atoms with van der Waals surface area (Å²) < 4.78 is 21.9. The number of cyclic esters (lactones) is 1. The van der Waals surface area contributed by atoms with E-state index in [0.717, 1.165) is 17.1 Å². The molecule has 3 heterocycles. The lowest BCUT2D eigenvalue weighted by Gasteiger charge is -2.31. The summed E-state index contributed by atoms with van der Waals surface area (Å²) in [5.41, 5.74) is 0.978. The third-order valence-corrected chi connectivity index (χ3v) is 3.83. The van der Waals surface area contributed by atoms with Crippen LogP contribution in [-0.4, -0.2) is 49.9 Å². The quantitative estimate of drug-likeness (QED) is 0.705. The number of rotatable bonds is 1. The van der Waals surface area contributed by atoms with Crippen LogP contribution in [0.2, 0.25) is 0 Å². The average Bonchev–Trinajstić information content (AvgIpc) is 2.92. The maximum Gasteiger partial charge on any atom is 0.325 e. The normalized spacial score (nSPS) is 28.9. The van der Waals surface area contributed by atoms with Gasteiger partial charge >= 0.3 is 5.97 Å². The van der Waals surface area contributed by atoms with Crippen molar-refractivity contribution >= 4 is 5.97 Å². The monoisotopic (exact) mass is 277 g/mol. The van der Waals surface area contributed by atoms with Crippen molar-refractivity contribution in [2.75, 3.05) is 33.0 Å². The fourth-order valence-electron chi connectivity index (χ4n) is 2.86. The van der Waals surface area contributed by atoms with E-state index in [1.54, 1.807) is 0 Å². The highest BCUT2D eigenvalue weighted by molar-refractivity contribution is 5.77. The summed E-state index contributed by atoms with van der Waals surface area (Å²) in [7, 11) is 0. The van der Waals surface area contributed by atoms with Crippen molar-refractivity contribution in [2.24, 2.45) is 0 Å². The molecule has 0 amide bonds. The Bertz CT molecular complexity index is 546. The second-order valence-electron chi connectivity index (χ2n) is 5.01. The predicted octanol–water partition coefficient (Wildman–Crippen LogP) is 0.714. The Labute approximate surface area is 116 Å². The summed E-state index contributed by atoms with van der Waals surface area (Å²) in [5, 5.41) is 0. The molecule has 0 spiro atoms. The van der Waals surface area contributed by atoms with E-state index in [0.29, 0.717) is 33.0 Å². The maximum absolute atomic E-state index is 11.7. The highest BCUT2D eigenvalue weighted by Crippen LogP contribution is 2.38. The fraction of sp³-hybridized carbons (Fsp3) is 0.500. The van der Waals surface area contributed by atoms with Crippen molar-refractivity contribution < 1.29 is 23.7 Å². The number of ether oxygens (including phenoxy) is 4. The molecule has 0 saturated carbocycles. The Morgan fingerprint density at radius 1 is 1.05 bits per heavy atom. The Kier molecular flexibility index (Phi) is 2.78. The summed E-state index contributed by atoms with van der Waals surface area (Å²) in [5.74, 6) is 1.30. The average molecular weight is 277 g/mol. The molecule has 3 aliphatic heterocycles. The minimum Gasteiger partial charge on any atom is -0.486 e. The zero-order valence-electron chi connectivity index (χ0n) is 10.9. The molecule has 3 aliphatic rings. The molecule has 0 N–H and O–H groups in total. The molecule has 0 aliphatic carbocycles. The van der Waals surface area contributed by atoms with E-state index >= 15 is 0 Å². The van der Waals surface area contributed by atoms with Crippen LogP contribution in [-0.2, 0) is 14.3 Å². The van der Waals surface area contributed by atoms with E-state index in [4.69, 9.17) is 18.9 Å². The van der Waals surface area contributed by atoms with E-state index in [-0.39, 0.29) is 18.2 Å². The molecule has 106 valence electrons. The lowest BCUT2D eigenvalue weighted by atomic mass is 10.1. The molecule has 2 fully saturated rings. The molecule has 4 rings (SSSR count). The van der Waals surface area contributed by atoms with Crippen LogP contribution in [0.3, 0.4) is 0 Å². The largest absolute Gasteiger partial charge is 0.486 e. The predicted molar refractivity (Wildman–Crippen MR) is 67.6 cm³/mol. The SMILES string of the molecule is O=C1OCCN2C1CO[C@H]2c1ccc2c(c1)OCCO2. The van der Waals surface area contributed by atoms with E-state index in [1.807, 2.05) is 23.1 Å². The first kappa shape index (κ1) is 12.0. The van der Waals surface area contributed by atoms with Crippen molar-refractivity contribution in [3.63, 3.8) is 0 Å². The Hall–Kier alpha value is -1.79. The van der Waals surface area contributed by atoms with Gasteiger partial charge in [0, 0.05) is 6.54 Å². The van der Waals surface area contributed by atoms with Gasteiger partial charge in [-0.25, -0.2) is 0 Å². The second-order valence-corrected chi connectivity index (χ2v) is 5.01. The van der Waals surface area contributed by atoms with E-state index < -0.39 is 0 Å². The molecule has 1 unspecified atom stereocenters. The molecule has 2 saturated heterocycles. The number of esters is 1. The number of benzene rings is 1. The number of hydrogen-bond acceptors (Lipinski definition) is 6. The lowest BCUT2D eigenvalue weighted by molar-refractivity contribution is -0.156. The Balaban J connectivity index is 1.63. The molecule has 1 aromatic carbocycles. The van der Waals surface area contributed by atoms with Gasteiger partial charge in [0.05, 0.1) is 6.61 Å². The summed E-state index contributed by atoms with van der Waals surface area (Å²) in [6, 6.07) is 5.49. The Morgan fingerprint density at radius 2 is 1.90 bits per heavy atom. The topological polar surface area (TPSA) is 57.2 Å². The van der Waals surface area contributed by atoms with Crippen LogP contribution < -0.4 is 9.47 Å². The minimum atomic E-state index is -0.290. The molecular formula is C14H15NO5. The molecule has 0 radical (unpaired) electrons. The number of fused-ring (bicyclic) bond motifs is 2. The van der Waals surface area contributed by atoms with Crippen LogP contribution >= 0.6 is 0 Å². The van der Waals surface area contributed by atoms with E-state index in [9.17, 15) is 4.79 Å². The van der Waals surface area contributed by atoms with Crippen molar-refractivity contribution in [1.82, 2.24) is 4.90 Å². The van der Waals surface area contributed by atoms with Crippen LogP contribution in [0, 0.1) is 0 Å². The molecule has 6 heteroatoms. The summed E-state index contributed by atoms with van der Waals surface area (Å²) in [6.45, 7) is 2.61. The third-order valence-electron chi connectivity index (χ3n) is 3.83. The van der Waals surface area contributed by atoms with Gasteiger partial charge in [-0.05, 0) is 17.7 Å². The molecule has 0 bridgehead atoms. The van der Waals surface area contributed by atoms with Crippen LogP contribution in [0.25, 0.3) is 0 Å². The third kappa shape index (κ3) is 1.83. The molecule has 2 atom stereocenters. The van der Waals surface area contributed by atoms with Gasteiger partial charge in [0.2, 0.25) is 0 Å². The summed E-state index contributed by atoms with van der Waals surface area (Å²) >= 11 is 0. The van der Waals surface area contributed by atoms with Gasteiger partial charge < -0.3 is 18.9 Å². The highest BCUT2D eigenvalue weighted by Gasteiger charge is 2.43. The van der Waals surface area contributed by atoms with Gasteiger partial charge in [-0.3, -0.25) is 9.69 Å². The van der Waals surface area contributed by atoms with E-state index in [1.165, 1.54) is 0 Å². The molecular weight excluding hydrogens is 262 g/mol. The molecule has 1 aromatic rings. The van der Waals surface area contributed by atoms with Gasteiger partial charge in [0.25, 0.3) is 0 Å². The zero-order valence-corrected chi connectivity index (χ0v) is 10.9. The molecule has 6 nitrogen and oxygen atoms in total. The van der Waals surface area contributed by atoms with E-state index in [2.05, 4.69) is 0 Å². The van der Waals surface area contributed by atoms with Crippen LogP contribution in [0.5, 0.6) is 11.5 Å². The number of morpholine rings is 1. The first-order valence-corrected chi connectivity index (χ1v) is 6.76. The number of hydrogen-bond donors (Lipinski definition) is 0. The van der Waals surface area contributed by atoms with Crippen molar-refractivity contribution in [3.8, 4) is 11.5 Å². The standard InChI is InChI=1S/C14H15NO5/c16-14-10-8-20-13(15(10)3-4-19-14)9-1-2-11-12(7-9)18-6-5-17-11/h1-2,7,10,13H,3-6,8H2/t10?,13-/m0/s1. The van der Waals surface area contributed by atoms with Crippen molar-refractivity contribution in [1.29, 1.82) is 0 Å². The van der Waals surface area contributed by atoms with Gasteiger partial charge in [-0.2, -0.15) is 0 Å². The number of carbonyl (C=O) groups is 1. The Morgan fingerprint density at radius 3 is 2.80 bits per heavy atom. The van der Waals surface area contributed by atoms with Gasteiger partial charge in [0.1, 0.15) is 32.1 Å². The first-order chi connectivity index (χ1) is 9.83. The minimum absolute atomic E-state index is 0.198. The van der Waals surface area contributed by atoms with Crippen LogP contribution in [0.1, 0.15) is 11.8 Å². The second kappa shape index (κ2) is 4.64. The summed E-state index contributed by atoms with van der Waals surface area (Å²) in [4.78, 5) is 13.7. The van der Waals surface area contributed by atoms with Gasteiger partial charge in [-0.15, -0.1) is 0 Å². The van der Waals surface area contributed by atoms with Crippen LogP contribution in [0.15, 0.2) is 18.2 Å². The zero-order chi connectivity index (χ0) is 13.5.